The second-order valence-electron chi connectivity index (χ2n) is 5.40. The average molecular weight is 314 g/mol. The van der Waals surface area contributed by atoms with E-state index in [-0.39, 0.29) is 5.75 Å². The van der Waals surface area contributed by atoms with E-state index in [0.29, 0.717) is 0 Å². The number of phenolic OH excluding ortho intramolecular Hbond substituents is 1. The van der Waals surface area contributed by atoms with E-state index in [1.54, 1.807) is 35.2 Å². The Morgan fingerprint density at radius 3 is 2.58 bits per heavy atom. The van der Waals surface area contributed by atoms with E-state index in [1.165, 1.54) is 0 Å². The Balaban J connectivity index is 1.81. The van der Waals surface area contributed by atoms with E-state index in [0.717, 1.165) is 33.7 Å². The van der Waals surface area contributed by atoms with Gasteiger partial charge in [0.05, 0.1) is 17.6 Å². The minimum absolute atomic E-state index is 0.224. The summed E-state index contributed by atoms with van der Waals surface area (Å²) in [6.45, 7) is 4.15. The van der Waals surface area contributed by atoms with Gasteiger partial charge in [0.15, 0.2) is 5.65 Å². The fraction of sp³-hybridized carbons (Fsp3) is 0. The van der Waals surface area contributed by atoms with Crippen LogP contribution < -0.4 is 0 Å². The zero-order chi connectivity index (χ0) is 16.5. The van der Waals surface area contributed by atoms with Gasteiger partial charge in [-0.25, -0.2) is 9.50 Å². The maximum Gasteiger partial charge on any atom is 0.154 e. The van der Waals surface area contributed by atoms with Crippen LogP contribution in [0.4, 0.5) is 0 Å². The Hall–Kier alpha value is -3.47. The average Bonchev–Trinajstić information content (AvgIpc) is 3.05. The van der Waals surface area contributed by atoms with Crippen molar-refractivity contribution < 1.29 is 5.11 Å². The van der Waals surface area contributed by atoms with Gasteiger partial charge < -0.3 is 5.11 Å². The van der Waals surface area contributed by atoms with E-state index in [9.17, 15) is 5.11 Å². The van der Waals surface area contributed by atoms with Gasteiger partial charge in [-0.1, -0.05) is 18.7 Å². The van der Waals surface area contributed by atoms with Crippen molar-refractivity contribution >= 4 is 11.2 Å². The molecule has 0 aliphatic carbocycles. The molecule has 0 saturated heterocycles. The van der Waals surface area contributed by atoms with Gasteiger partial charge >= 0.3 is 0 Å². The van der Waals surface area contributed by atoms with Gasteiger partial charge in [-0.15, -0.1) is 0 Å². The summed E-state index contributed by atoms with van der Waals surface area (Å²) in [7, 11) is 0. The second kappa shape index (κ2) is 5.62. The van der Waals surface area contributed by atoms with Crippen LogP contribution in [0.25, 0.3) is 22.5 Å². The molecule has 4 aromatic rings. The Morgan fingerprint density at radius 2 is 1.83 bits per heavy atom. The number of phenols is 1. The predicted molar refractivity (Wildman–Crippen MR) is 92.5 cm³/mol. The largest absolute Gasteiger partial charge is 0.508 e. The van der Waals surface area contributed by atoms with Gasteiger partial charge in [0.2, 0.25) is 0 Å². The molecule has 1 aromatic carbocycles. The molecule has 24 heavy (non-hydrogen) atoms. The van der Waals surface area contributed by atoms with Crippen molar-refractivity contribution in [3.63, 3.8) is 0 Å². The maximum atomic E-state index is 9.44. The van der Waals surface area contributed by atoms with Crippen LogP contribution in [0, 0.1) is 0 Å². The summed E-state index contributed by atoms with van der Waals surface area (Å²) in [5, 5.41) is 14.1. The van der Waals surface area contributed by atoms with Crippen LogP contribution in [-0.4, -0.2) is 24.7 Å². The fourth-order valence-electron chi connectivity index (χ4n) is 2.56. The number of hydrogen-bond donors (Lipinski definition) is 1. The number of nitrogens with zero attached hydrogens (tertiary/aromatic N) is 4. The smallest absolute Gasteiger partial charge is 0.154 e. The lowest BCUT2D eigenvalue weighted by Crippen LogP contribution is -1.99. The first-order valence-electron chi connectivity index (χ1n) is 7.46. The molecule has 0 aliphatic rings. The molecule has 0 saturated carbocycles. The van der Waals surface area contributed by atoms with Crippen LogP contribution in [0.15, 0.2) is 73.7 Å². The third-order valence-corrected chi connectivity index (χ3v) is 3.84. The van der Waals surface area contributed by atoms with E-state index < -0.39 is 0 Å². The zero-order valence-electron chi connectivity index (χ0n) is 12.8. The van der Waals surface area contributed by atoms with Crippen LogP contribution in [0.1, 0.15) is 11.3 Å². The van der Waals surface area contributed by atoms with Gasteiger partial charge in [-0.2, -0.15) is 5.10 Å². The van der Waals surface area contributed by atoms with Gasteiger partial charge in [0.1, 0.15) is 5.75 Å². The normalized spacial score (nSPS) is 10.8. The van der Waals surface area contributed by atoms with Gasteiger partial charge in [0, 0.05) is 23.5 Å². The molecule has 3 aromatic heterocycles. The molecular formula is C19H14N4O. The second-order valence-corrected chi connectivity index (χ2v) is 5.40. The predicted octanol–water partition coefficient (Wildman–Crippen LogP) is 3.56. The molecule has 5 nitrogen and oxygen atoms in total. The number of benzene rings is 1. The molecule has 0 amide bonds. The van der Waals surface area contributed by atoms with Crippen molar-refractivity contribution in [2.75, 3.05) is 0 Å². The monoisotopic (exact) mass is 314 g/mol. The van der Waals surface area contributed by atoms with Crippen molar-refractivity contribution in [1.82, 2.24) is 19.6 Å². The van der Waals surface area contributed by atoms with E-state index in [1.807, 2.05) is 36.4 Å². The number of imidazole rings is 1. The summed E-state index contributed by atoms with van der Waals surface area (Å²) in [6.07, 6.45) is 5.27. The molecule has 4 rings (SSSR count). The van der Waals surface area contributed by atoms with Gasteiger partial charge in [-0.05, 0) is 42.0 Å². The van der Waals surface area contributed by atoms with Crippen LogP contribution >= 0.6 is 0 Å². The summed E-state index contributed by atoms with van der Waals surface area (Å²) >= 11 is 0. The summed E-state index contributed by atoms with van der Waals surface area (Å²) in [4.78, 5) is 8.53. The molecule has 0 atom stereocenters. The van der Waals surface area contributed by atoms with Gasteiger partial charge in [0.25, 0.3) is 0 Å². The molecule has 0 bridgehead atoms. The fourth-order valence-corrected chi connectivity index (χ4v) is 2.56. The highest BCUT2D eigenvalue weighted by Crippen LogP contribution is 2.25. The Kier molecular flexibility index (Phi) is 3.31. The van der Waals surface area contributed by atoms with Crippen LogP contribution in [0.3, 0.4) is 0 Å². The first kappa shape index (κ1) is 14.1. The molecular weight excluding hydrogens is 300 g/mol. The number of aromatic nitrogens is 4. The lowest BCUT2D eigenvalue weighted by atomic mass is 10.1. The first-order chi connectivity index (χ1) is 11.7. The number of pyridine rings is 1. The molecule has 0 spiro atoms. The van der Waals surface area contributed by atoms with Crippen molar-refractivity contribution in [1.29, 1.82) is 0 Å². The van der Waals surface area contributed by atoms with Crippen LogP contribution in [0.5, 0.6) is 5.75 Å². The zero-order valence-corrected chi connectivity index (χ0v) is 12.8. The summed E-state index contributed by atoms with van der Waals surface area (Å²) in [5.74, 6) is 0.224. The SMILES string of the molecule is C=C(c1ccc(O)cc1)c1cnc2ccc(-c3cccnc3)nn12. The van der Waals surface area contributed by atoms with Crippen LogP contribution in [-0.2, 0) is 0 Å². The van der Waals surface area contributed by atoms with E-state index in [4.69, 9.17) is 0 Å². The molecule has 5 heteroatoms. The van der Waals surface area contributed by atoms with Crippen LogP contribution in [0.2, 0.25) is 0 Å². The molecule has 0 fully saturated rings. The topological polar surface area (TPSA) is 63.3 Å². The molecule has 3 heterocycles. The minimum Gasteiger partial charge on any atom is -0.508 e. The lowest BCUT2D eigenvalue weighted by Gasteiger charge is -2.07. The van der Waals surface area contributed by atoms with Gasteiger partial charge in [-0.3, -0.25) is 4.98 Å². The number of aromatic hydroxyl groups is 1. The highest BCUT2D eigenvalue weighted by molar-refractivity contribution is 5.77. The molecule has 116 valence electrons. The van der Waals surface area contributed by atoms with E-state index >= 15 is 0 Å². The first-order valence-corrected chi connectivity index (χ1v) is 7.46. The summed E-state index contributed by atoms with van der Waals surface area (Å²) < 4.78 is 1.78. The van der Waals surface area contributed by atoms with Crippen molar-refractivity contribution in [2.24, 2.45) is 0 Å². The quantitative estimate of drug-likeness (QED) is 0.628. The molecule has 1 N–H and O–H groups in total. The lowest BCUT2D eigenvalue weighted by molar-refractivity contribution is 0.475. The minimum atomic E-state index is 0.224. The number of fused-ring (bicyclic) bond motifs is 1. The van der Waals surface area contributed by atoms with Crippen molar-refractivity contribution in [3.8, 4) is 17.0 Å². The Morgan fingerprint density at radius 1 is 1.00 bits per heavy atom. The standard InChI is InChI=1S/C19H14N4O/c1-13(14-4-6-16(24)7-5-14)18-12-21-19-9-8-17(22-23(18)19)15-3-2-10-20-11-15/h2-12,24H,1H2. The van der Waals surface area contributed by atoms with Crippen molar-refractivity contribution in [2.45, 2.75) is 0 Å². The number of rotatable bonds is 3. The Bertz CT molecular complexity index is 1020. The summed E-state index contributed by atoms with van der Waals surface area (Å²) in [5.41, 5.74) is 5.00. The highest BCUT2D eigenvalue weighted by Gasteiger charge is 2.11. The number of hydrogen-bond acceptors (Lipinski definition) is 4. The molecule has 0 aliphatic heterocycles. The summed E-state index contributed by atoms with van der Waals surface area (Å²) in [6, 6.07) is 14.6. The van der Waals surface area contributed by atoms with Crippen molar-refractivity contribution in [3.05, 3.63) is 85.0 Å². The maximum absolute atomic E-state index is 9.44. The highest BCUT2D eigenvalue weighted by atomic mass is 16.3. The third-order valence-electron chi connectivity index (χ3n) is 3.84. The Labute approximate surface area is 138 Å². The third kappa shape index (κ3) is 2.42. The molecule has 0 radical (unpaired) electrons. The van der Waals surface area contributed by atoms with E-state index in [2.05, 4.69) is 21.6 Å². The molecule has 0 unspecified atom stereocenters.